The number of likely N-dealkylation sites (tertiary alicyclic amines) is 2. The van der Waals surface area contributed by atoms with Crippen molar-refractivity contribution in [1.82, 2.24) is 24.6 Å². The Morgan fingerprint density at radius 1 is 1.11 bits per heavy atom. The van der Waals surface area contributed by atoms with Crippen LogP contribution in [0.5, 0.6) is 0 Å². The molecule has 3 aliphatic rings. The normalized spacial score (nSPS) is 27.2. The van der Waals surface area contributed by atoms with Crippen LogP contribution in [-0.2, 0) is 4.79 Å². The van der Waals surface area contributed by atoms with Crippen LogP contribution in [0.4, 0.5) is 0 Å². The zero-order valence-corrected chi connectivity index (χ0v) is 23.0. The maximum atomic E-state index is 13.4. The molecule has 0 unspecified atom stereocenters. The maximum absolute atomic E-state index is 13.4. The molecule has 0 N–H and O–H groups in total. The summed E-state index contributed by atoms with van der Waals surface area (Å²) in [5.41, 5.74) is 1.53. The number of benzene rings is 1. The molecule has 3 heterocycles. The molecule has 1 aromatic heterocycles. The molecule has 1 saturated carbocycles. The summed E-state index contributed by atoms with van der Waals surface area (Å²) >= 11 is 7.69. The van der Waals surface area contributed by atoms with Gasteiger partial charge in [0.2, 0.25) is 5.91 Å². The summed E-state index contributed by atoms with van der Waals surface area (Å²) in [6.07, 6.45) is 7.16. The molecule has 3 atom stereocenters. The molecule has 5 rings (SSSR count). The summed E-state index contributed by atoms with van der Waals surface area (Å²) in [7, 11) is 0. The van der Waals surface area contributed by atoms with Crippen molar-refractivity contribution in [3.63, 3.8) is 0 Å². The van der Waals surface area contributed by atoms with Gasteiger partial charge in [-0.25, -0.2) is 0 Å². The van der Waals surface area contributed by atoms with Crippen LogP contribution in [0.25, 0.3) is 5.69 Å². The van der Waals surface area contributed by atoms with Crippen molar-refractivity contribution in [1.29, 1.82) is 0 Å². The first-order chi connectivity index (χ1) is 16.6. The molecule has 190 valence electrons. The first kappa shape index (κ1) is 25.1. The van der Waals surface area contributed by atoms with Crippen LogP contribution in [0, 0.1) is 10.8 Å². The van der Waals surface area contributed by atoms with Gasteiger partial charge in [-0.15, -0.1) is 10.2 Å². The summed E-state index contributed by atoms with van der Waals surface area (Å²) in [5, 5.41) is 10.7. The third-order valence-corrected chi connectivity index (χ3v) is 9.28. The van der Waals surface area contributed by atoms with Crippen LogP contribution in [-0.4, -0.2) is 61.9 Å². The van der Waals surface area contributed by atoms with Crippen molar-refractivity contribution in [2.75, 3.05) is 25.4 Å². The van der Waals surface area contributed by atoms with Crippen LogP contribution >= 0.6 is 23.4 Å². The Morgan fingerprint density at radius 3 is 2.54 bits per heavy atom. The predicted octanol–water partition coefficient (Wildman–Crippen LogP) is 5.99. The lowest BCUT2D eigenvalue weighted by Crippen LogP contribution is -2.38. The van der Waals surface area contributed by atoms with E-state index < -0.39 is 0 Å². The van der Waals surface area contributed by atoms with E-state index in [0.29, 0.717) is 22.2 Å². The lowest BCUT2D eigenvalue weighted by molar-refractivity contribution is -0.129. The molecule has 1 amide bonds. The molecule has 2 saturated heterocycles. The molecule has 1 aromatic carbocycles. The van der Waals surface area contributed by atoms with E-state index in [1.807, 2.05) is 24.3 Å². The number of aromatic nitrogens is 3. The van der Waals surface area contributed by atoms with Gasteiger partial charge in [-0.1, -0.05) is 50.6 Å². The van der Waals surface area contributed by atoms with Gasteiger partial charge < -0.3 is 4.90 Å². The van der Waals surface area contributed by atoms with Gasteiger partial charge in [-0.05, 0) is 87.2 Å². The van der Waals surface area contributed by atoms with E-state index in [4.69, 9.17) is 11.6 Å². The second-order valence-corrected chi connectivity index (χ2v) is 13.3. The van der Waals surface area contributed by atoms with Gasteiger partial charge in [0, 0.05) is 23.3 Å². The van der Waals surface area contributed by atoms with Crippen molar-refractivity contribution >= 4 is 29.3 Å². The maximum Gasteiger partial charge on any atom is 0.233 e. The number of hydrogen-bond acceptors (Lipinski definition) is 5. The molecule has 0 spiro atoms. The molecular weight excluding hydrogens is 478 g/mol. The minimum atomic E-state index is 0.156. The minimum Gasteiger partial charge on any atom is -0.338 e. The molecule has 2 aliphatic heterocycles. The third-order valence-electron chi connectivity index (χ3n) is 8.12. The summed E-state index contributed by atoms with van der Waals surface area (Å²) < 4.78 is 2.13. The first-order valence-electron chi connectivity index (χ1n) is 13.0. The monoisotopic (exact) mass is 515 g/mol. The highest BCUT2D eigenvalue weighted by molar-refractivity contribution is 7.99. The fraction of sp³-hybridized carbons (Fsp3) is 0.667. The topological polar surface area (TPSA) is 54.3 Å². The number of carbonyl (C=O) groups is 1. The Labute approximate surface area is 218 Å². The second-order valence-electron chi connectivity index (χ2n) is 11.9. The average Bonchev–Trinajstić information content (AvgIpc) is 3.35. The van der Waals surface area contributed by atoms with Gasteiger partial charge in [0.1, 0.15) is 0 Å². The number of piperidine rings is 1. The van der Waals surface area contributed by atoms with E-state index in [9.17, 15) is 4.79 Å². The molecule has 1 aliphatic carbocycles. The van der Waals surface area contributed by atoms with Gasteiger partial charge in [0.05, 0.1) is 11.8 Å². The SMILES string of the molecule is C[C@@H](c1nnc(SCC(=O)N2C[C@@]3(C)C[C@@H]2CC(C)(C)C3)n1-c1ccc(Cl)cc1)N1CCCCC1. The van der Waals surface area contributed by atoms with E-state index in [-0.39, 0.29) is 17.4 Å². The predicted molar refractivity (Wildman–Crippen MR) is 142 cm³/mol. The Hall–Kier alpha value is -1.57. The quantitative estimate of drug-likeness (QED) is 0.442. The number of carbonyl (C=O) groups excluding carboxylic acids is 1. The Kier molecular flexibility index (Phi) is 6.96. The lowest BCUT2D eigenvalue weighted by Gasteiger charge is -2.39. The fourth-order valence-electron chi connectivity index (χ4n) is 6.91. The molecule has 35 heavy (non-hydrogen) atoms. The number of rotatable bonds is 6. The number of amides is 1. The van der Waals surface area contributed by atoms with Crippen molar-refractivity contribution in [3.8, 4) is 5.69 Å². The number of halogens is 1. The zero-order chi connectivity index (χ0) is 24.8. The summed E-state index contributed by atoms with van der Waals surface area (Å²) in [6, 6.07) is 8.34. The molecule has 6 nitrogen and oxygen atoms in total. The Morgan fingerprint density at radius 2 is 1.83 bits per heavy atom. The fourth-order valence-corrected chi connectivity index (χ4v) is 7.88. The molecule has 3 fully saturated rings. The smallest absolute Gasteiger partial charge is 0.233 e. The lowest BCUT2D eigenvalue weighted by atomic mass is 9.65. The summed E-state index contributed by atoms with van der Waals surface area (Å²) in [4.78, 5) is 18.1. The average molecular weight is 516 g/mol. The third kappa shape index (κ3) is 5.28. The number of fused-ring (bicyclic) bond motifs is 2. The highest BCUT2D eigenvalue weighted by Crippen LogP contribution is 2.52. The van der Waals surface area contributed by atoms with Crippen molar-refractivity contribution < 1.29 is 4.79 Å². The van der Waals surface area contributed by atoms with Crippen molar-refractivity contribution in [3.05, 3.63) is 35.1 Å². The molecular formula is C27H38ClN5OS. The molecule has 2 bridgehead atoms. The summed E-state index contributed by atoms with van der Waals surface area (Å²) in [5.74, 6) is 1.53. The van der Waals surface area contributed by atoms with Crippen LogP contribution in [0.15, 0.2) is 29.4 Å². The first-order valence-corrected chi connectivity index (χ1v) is 14.4. The van der Waals surface area contributed by atoms with Crippen molar-refractivity contribution in [2.24, 2.45) is 10.8 Å². The van der Waals surface area contributed by atoms with E-state index in [1.54, 1.807) is 0 Å². The largest absolute Gasteiger partial charge is 0.338 e. The van der Waals surface area contributed by atoms with Crippen LogP contribution in [0.3, 0.4) is 0 Å². The number of hydrogen-bond donors (Lipinski definition) is 0. The standard InChI is InChI=1S/C27H38ClN5OS/c1-19(31-12-6-5-7-13-31)24-29-30-25(33(24)21-10-8-20(28)9-11-21)35-16-23(34)32-18-27(4)15-22(32)14-26(2,3)17-27/h8-11,19,22H,5-7,12-18H2,1-4H3/t19-,22-,27-/m0/s1. The van der Waals surface area contributed by atoms with E-state index in [0.717, 1.165) is 49.1 Å². The van der Waals surface area contributed by atoms with Crippen LogP contribution < -0.4 is 0 Å². The number of thioether (sulfide) groups is 1. The molecule has 2 aromatic rings. The van der Waals surface area contributed by atoms with Gasteiger partial charge in [-0.3, -0.25) is 14.3 Å². The van der Waals surface area contributed by atoms with E-state index in [1.165, 1.54) is 37.4 Å². The Balaban J connectivity index is 1.36. The van der Waals surface area contributed by atoms with Gasteiger partial charge in [-0.2, -0.15) is 0 Å². The van der Waals surface area contributed by atoms with Crippen LogP contribution in [0.2, 0.25) is 5.02 Å². The molecule has 8 heteroatoms. The van der Waals surface area contributed by atoms with Crippen molar-refractivity contribution in [2.45, 2.75) is 83.5 Å². The van der Waals surface area contributed by atoms with Gasteiger partial charge in [0.25, 0.3) is 0 Å². The van der Waals surface area contributed by atoms with Gasteiger partial charge >= 0.3 is 0 Å². The highest BCUT2D eigenvalue weighted by Gasteiger charge is 2.50. The summed E-state index contributed by atoms with van der Waals surface area (Å²) in [6.45, 7) is 12.3. The minimum absolute atomic E-state index is 0.156. The van der Waals surface area contributed by atoms with Gasteiger partial charge in [0.15, 0.2) is 11.0 Å². The zero-order valence-electron chi connectivity index (χ0n) is 21.5. The second kappa shape index (κ2) is 9.71. The van der Waals surface area contributed by atoms with E-state index in [2.05, 4.69) is 52.3 Å². The molecule has 0 radical (unpaired) electrons. The number of nitrogens with zero attached hydrogens (tertiary/aromatic N) is 5. The highest BCUT2D eigenvalue weighted by atomic mass is 35.5. The Bertz CT molecular complexity index is 1060. The van der Waals surface area contributed by atoms with Crippen LogP contribution in [0.1, 0.15) is 78.1 Å². The van der Waals surface area contributed by atoms with E-state index >= 15 is 0 Å².